The van der Waals surface area contributed by atoms with Crippen LogP contribution in [0.15, 0.2) is 0 Å². The van der Waals surface area contributed by atoms with Crippen molar-refractivity contribution in [2.75, 3.05) is 32.8 Å². The second-order valence-corrected chi connectivity index (χ2v) is 6.43. The molecular weight excluding hydrogens is 240 g/mol. The first kappa shape index (κ1) is 15.2. The molecule has 0 aromatic heterocycles. The zero-order chi connectivity index (χ0) is 13.8. The van der Waals surface area contributed by atoms with Crippen LogP contribution in [0.5, 0.6) is 0 Å². The normalized spacial score (nSPS) is 32.1. The van der Waals surface area contributed by atoms with E-state index in [0.717, 1.165) is 19.7 Å². The number of hydrogen-bond acceptors (Lipinski definition) is 4. The maximum atomic E-state index is 10.1. The predicted molar refractivity (Wildman–Crippen MR) is 77.3 cm³/mol. The quantitative estimate of drug-likeness (QED) is 0.817. The van der Waals surface area contributed by atoms with Gasteiger partial charge in [0.2, 0.25) is 0 Å². The van der Waals surface area contributed by atoms with Gasteiger partial charge in [-0.1, -0.05) is 6.42 Å². The predicted octanol–water partition coefficient (Wildman–Crippen LogP) is 1.33. The van der Waals surface area contributed by atoms with Crippen LogP contribution in [0.4, 0.5) is 0 Å². The molecule has 0 saturated carbocycles. The first-order valence-electron chi connectivity index (χ1n) is 7.85. The van der Waals surface area contributed by atoms with Crippen LogP contribution in [-0.4, -0.2) is 72.0 Å². The molecule has 0 bridgehead atoms. The third kappa shape index (κ3) is 4.15. The van der Waals surface area contributed by atoms with E-state index < -0.39 is 0 Å². The molecule has 2 saturated heterocycles. The Kier molecular flexibility index (Phi) is 5.63. The molecule has 3 atom stereocenters. The van der Waals surface area contributed by atoms with E-state index >= 15 is 0 Å². The topological polar surface area (TPSA) is 35.9 Å². The minimum Gasteiger partial charge on any atom is -0.389 e. The van der Waals surface area contributed by atoms with Crippen molar-refractivity contribution in [1.82, 2.24) is 9.80 Å². The molecule has 0 radical (unpaired) electrons. The fourth-order valence-electron chi connectivity index (χ4n) is 3.10. The fraction of sp³-hybridized carbons (Fsp3) is 1.00. The molecule has 2 rings (SSSR count). The van der Waals surface area contributed by atoms with Gasteiger partial charge in [-0.3, -0.25) is 9.80 Å². The third-order valence-electron chi connectivity index (χ3n) is 4.56. The van der Waals surface area contributed by atoms with Crippen molar-refractivity contribution in [3.63, 3.8) is 0 Å². The summed E-state index contributed by atoms with van der Waals surface area (Å²) in [6.07, 6.45) is 3.68. The zero-order valence-electron chi connectivity index (χ0n) is 12.7. The van der Waals surface area contributed by atoms with Gasteiger partial charge in [0.15, 0.2) is 0 Å². The molecule has 0 aliphatic carbocycles. The lowest BCUT2D eigenvalue weighted by Crippen LogP contribution is -2.42. The molecule has 19 heavy (non-hydrogen) atoms. The highest BCUT2D eigenvalue weighted by Crippen LogP contribution is 2.18. The minimum atomic E-state index is -0.323. The van der Waals surface area contributed by atoms with Crippen molar-refractivity contribution in [1.29, 1.82) is 0 Å². The van der Waals surface area contributed by atoms with Crippen molar-refractivity contribution in [2.45, 2.75) is 64.3 Å². The summed E-state index contributed by atoms with van der Waals surface area (Å²) >= 11 is 0. The average molecular weight is 270 g/mol. The van der Waals surface area contributed by atoms with Crippen LogP contribution < -0.4 is 0 Å². The summed E-state index contributed by atoms with van der Waals surface area (Å²) in [5, 5.41) is 10.1. The highest BCUT2D eigenvalue weighted by molar-refractivity contribution is 4.86. The monoisotopic (exact) mass is 270 g/mol. The van der Waals surface area contributed by atoms with Crippen molar-refractivity contribution >= 4 is 0 Å². The second kappa shape index (κ2) is 7.02. The van der Waals surface area contributed by atoms with Crippen molar-refractivity contribution in [2.24, 2.45) is 0 Å². The molecule has 2 aliphatic heterocycles. The SMILES string of the molecule is CC(C)N1CC(O)C(OCC(C)N2CCCCC2)C1. The Labute approximate surface area is 117 Å². The van der Waals surface area contributed by atoms with E-state index in [1.54, 1.807) is 0 Å². The lowest BCUT2D eigenvalue weighted by atomic mass is 10.1. The van der Waals surface area contributed by atoms with Gasteiger partial charge in [0.05, 0.1) is 18.8 Å². The van der Waals surface area contributed by atoms with E-state index in [2.05, 4.69) is 30.6 Å². The lowest BCUT2D eigenvalue weighted by molar-refractivity contribution is -0.0329. The van der Waals surface area contributed by atoms with Gasteiger partial charge in [-0.05, 0) is 46.7 Å². The maximum absolute atomic E-state index is 10.1. The van der Waals surface area contributed by atoms with Crippen LogP contribution in [0.25, 0.3) is 0 Å². The van der Waals surface area contributed by atoms with Gasteiger partial charge in [0.1, 0.15) is 0 Å². The molecule has 0 amide bonds. The highest BCUT2D eigenvalue weighted by atomic mass is 16.5. The van der Waals surface area contributed by atoms with Crippen molar-refractivity contribution in [3.05, 3.63) is 0 Å². The van der Waals surface area contributed by atoms with Crippen LogP contribution in [0, 0.1) is 0 Å². The lowest BCUT2D eigenvalue weighted by Gasteiger charge is -2.33. The van der Waals surface area contributed by atoms with Crippen molar-refractivity contribution in [3.8, 4) is 0 Å². The molecule has 0 aromatic rings. The number of aliphatic hydroxyl groups excluding tert-OH is 1. The molecule has 3 unspecified atom stereocenters. The zero-order valence-corrected chi connectivity index (χ0v) is 12.7. The van der Waals surface area contributed by atoms with Gasteiger partial charge < -0.3 is 9.84 Å². The Morgan fingerprint density at radius 3 is 2.32 bits per heavy atom. The Morgan fingerprint density at radius 1 is 1.05 bits per heavy atom. The number of aliphatic hydroxyl groups is 1. The number of piperidine rings is 1. The Hall–Kier alpha value is -0.160. The minimum absolute atomic E-state index is 0.00496. The summed E-state index contributed by atoms with van der Waals surface area (Å²) in [6.45, 7) is 11.4. The standard InChI is InChI=1S/C15H30N2O2/c1-12(2)17-9-14(18)15(10-17)19-11-13(3)16-7-5-4-6-8-16/h12-15,18H,4-11H2,1-3H3. The number of nitrogens with zero attached hydrogens (tertiary/aromatic N) is 2. The van der Waals surface area contributed by atoms with Gasteiger partial charge in [-0.25, -0.2) is 0 Å². The van der Waals surface area contributed by atoms with E-state index in [-0.39, 0.29) is 12.2 Å². The molecule has 1 N–H and O–H groups in total. The number of rotatable bonds is 5. The first-order chi connectivity index (χ1) is 9.08. The third-order valence-corrected chi connectivity index (χ3v) is 4.56. The molecule has 2 heterocycles. The van der Waals surface area contributed by atoms with E-state index in [9.17, 15) is 5.11 Å². The van der Waals surface area contributed by atoms with E-state index in [1.165, 1.54) is 32.4 Å². The molecule has 2 fully saturated rings. The largest absolute Gasteiger partial charge is 0.389 e. The summed E-state index contributed by atoms with van der Waals surface area (Å²) in [5.41, 5.74) is 0. The molecule has 0 aromatic carbocycles. The Morgan fingerprint density at radius 2 is 1.74 bits per heavy atom. The van der Waals surface area contributed by atoms with Gasteiger partial charge >= 0.3 is 0 Å². The van der Waals surface area contributed by atoms with Crippen LogP contribution in [0.3, 0.4) is 0 Å². The summed E-state index contributed by atoms with van der Waals surface area (Å²) in [5.74, 6) is 0. The van der Waals surface area contributed by atoms with Crippen LogP contribution in [0.1, 0.15) is 40.0 Å². The Bertz CT molecular complexity index is 267. The first-order valence-corrected chi connectivity index (χ1v) is 7.85. The van der Waals surface area contributed by atoms with Crippen LogP contribution >= 0.6 is 0 Å². The summed E-state index contributed by atoms with van der Waals surface area (Å²) in [6, 6.07) is 0.961. The van der Waals surface area contributed by atoms with Gasteiger partial charge in [-0.15, -0.1) is 0 Å². The average Bonchev–Trinajstić information content (AvgIpc) is 2.79. The van der Waals surface area contributed by atoms with Crippen molar-refractivity contribution < 1.29 is 9.84 Å². The molecule has 112 valence electrons. The molecular formula is C15H30N2O2. The Balaban J connectivity index is 1.72. The van der Waals surface area contributed by atoms with E-state index in [0.29, 0.717) is 12.1 Å². The second-order valence-electron chi connectivity index (χ2n) is 6.43. The highest BCUT2D eigenvalue weighted by Gasteiger charge is 2.33. The van der Waals surface area contributed by atoms with E-state index in [4.69, 9.17) is 4.74 Å². The van der Waals surface area contributed by atoms with Gasteiger partial charge in [0.25, 0.3) is 0 Å². The summed E-state index contributed by atoms with van der Waals surface area (Å²) in [7, 11) is 0. The van der Waals surface area contributed by atoms with Crippen LogP contribution in [-0.2, 0) is 4.74 Å². The number of hydrogen-bond donors (Lipinski definition) is 1. The maximum Gasteiger partial charge on any atom is 0.0973 e. The molecule has 2 aliphatic rings. The molecule has 0 spiro atoms. The smallest absolute Gasteiger partial charge is 0.0973 e. The molecule has 4 nitrogen and oxygen atoms in total. The van der Waals surface area contributed by atoms with Gasteiger partial charge in [0, 0.05) is 25.2 Å². The van der Waals surface area contributed by atoms with Gasteiger partial charge in [-0.2, -0.15) is 0 Å². The van der Waals surface area contributed by atoms with E-state index in [1.807, 2.05) is 0 Å². The number of ether oxygens (including phenoxy) is 1. The number of β-amino-alcohol motifs (C(OH)–C–C–N with tert-alkyl or cyclic N) is 1. The fourth-order valence-corrected chi connectivity index (χ4v) is 3.10. The molecule has 4 heteroatoms. The summed E-state index contributed by atoms with van der Waals surface area (Å²) < 4.78 is 5.98. The van der Waals surface area contributed by atoms with Crippen LogP contribution in [0.2, 0.25) is 0 Å². The number of likely N-dealkylation sites (tertiary alicyclic amines) is 2. The summed E-state index contributed by atoms with van der Waals surface area (Å²) in [4.78, 5) is 4.81.